The van der Waals surface area contributed by atoms with Gasteiger partial charge in [0.25, 0.3) is 5.91 Å². The summed E-state index contributed by atoms with van der Waals surface area (Å²) in [5.41, 5.74) is 2.96. The minimum atomic E-state index is -1.11. The molecule has 6 nitrogen and oxygen atoms in total. The van der Waals surface area contributed by atoms with Gasteiger partial charge in [0.1, 0.15) is 5.54 Å². The zero-order valence-corrected chi connectivity index (χ0v) is 15.5. The lowest BCUT2D eigenvalue weighted by molar-refractivity contribution is -0.133. The molecule has 1 fully saturated rings. The number of amides is 3. The number of nitrogens with one attached hydrogen (secondary N) is 3. The van der Waals surface area contributed by atoms with Gasteiger partial charge in [0.05, 0.1) is 0 Å². The Morgan fingerprint density at radius 3 is 2.42 bits per heavy atom. The molecule has 1 heterocycles. The number of benzene rings is 2. The molecule has 3 amide bonds. The van der Waals surface area contributed by atoms with Gasteiger partial charge in [-0.25, -0.2) is 4.79 Å². The first-order valence-electron chi connectivity index (χ1n) is 8.01. The van der Waals surface area contributed by atoms with E-state index < -0.39 is 17.5 Å². The lowest BCUT2D eigenvalue weighted by Gasteiger charge is -2.25. The normalized spacial score (nSPS) is 19.2. The zero-order chi connectivity index (χ0) is 18.7. The van der Waals surface area contributed by atoms with Gasteiger partial charge < -0.3 is 10.6 Å². The van der Waals surface area contributed by atoms with Crippen LogP contribution in [0.15, 0.2) is 54.6 Å². The molecule has 1 atom stereocenters. The Balaban J connectivity index is 1.76. The van der Waals surface area contributed by atoms with Crippen LogP contribution in [0.25, 0.3) is 0 Å². The van der Waals surface area contributed by atoms with Crippen molar-refractivity contribution in [2.45, 2.75) is 18.9 Å². The Morgan fingerprint density at radius 2 is 1.81 bits per heavy atom. The second-order valence-corrected chi connectivity index (χ2v) is 6.61. The summed E-state index contributed by atoms with van der Waals surface area (Å²) < 4.78 is 0. The first-order valence-corrected chi connectivity index (χ1v) is 8.80. The maximum atomic E-state index is 13.0. The van der Waals surface area contributed by atoms with Gasteiger partial charge in [-0.05, 0) is 48.5 Å². The van der Waals surface area contributed by atoms with Crippen molar-refractivity contribution in [3.63, 3.8) is 0 Å². The molecule has 26 heavy (non-hydrogen) atoms. The third-order valence-electron chi connectivity index (χ3n) is 4.20. The van der Waals surface area contributed by atoms with Crippen molar-refractivity contribution in [3.8, 4) is 0 Å². The minimum absolute atomic E-state index is 0.121. The fraction of sp³-hybridized carbons (Fsp3) is 0.167. The number of nitrogens with zero attached hydrogens (tertiary/aromatic N) is 1. The Hall–Kier alpha value is -2.64. The van der Waals surface area contributed by atoms with Crippen LogP contribution < -0.4 is 16.1 Å². The second kappa shape index (κ2) is 7.31. The number of hydrogen-bond donors (Lipinski definition) is 3. The van der Waals surface area contributed by atoms with E-state index in [0.29, 0.717) is 17.1 Å². The van der Waals surface area contributed by atoms with Crippen molar-refractivity contribution in [1.82, 2.24) is 15.8 Å². The van der Waals surface area contributed by atoms with Crippen LogP contribution in [-0.2, 0) is 10.3 Å². The van der Waals surface area contributed by atoms with Crippen molar-refractivity contribution in [2.75, 3.05) is 5.32 Å². The first-order chi connectivity index (χ1) is 12.5. The number of carbonyl (C=O) groups excluding carboxylic acids is 2. The Kier molecular flexibility index (Phi) is 5.11. The first kappa shape index (κ1) is 18.2. The summed E-state index contributed by atoms with van der Waals surface area (Å²) in [7, 11) is 0. The number of hydrogen-bond acceptors (Lipinski definition) is 3. The number of thiocarbonyl (C=S) groups is 1. The number of anilines is 1. The molecule has 8 heteroatoms. The number of hydrazine groups is 1. The Morgan fingerprint density at radius 1 is 1.15 bits per heavy atom. The van der Waals surface area contributed by atoms with Gasteiger partial charge >= 0.3 is 6.03 Å². The van der Waals surface area contributed by atoms with Gasteiger partial charge in [0.2, 0.25) is 0 Å². The highest BCUT2D eigenvalue weighted by Crippen LogP contribution is 2.31. The quantitative estimate of drug-likeness (QED) is 0.553. The summed E-state index contributed by atoms with van der Waals surface area (Å²) in [6.07, 6.45) is 0.414. The Labute approximate surface area is 161 Å². The number of urea groups is 1. The summed E-state index contributed by atoms with van der Waals surface area (Å²) in [6, 6.07) is 15.5. The lowest BCUT2D eigenvalue weighted by atomic mass is 9.87. The summed E-state index contributed by atoms with van der Waals surface area (Å²) in [5, 5.41) is 7.31. The van der Waals surface area contributed by atoms with Crippen molar-refractivity contribution in [3.05, 3.63) is 65.2 Å². The van der Waals surface area contributed by atoms with E-state index in [1.54, 1.807) is 24.3 Å². The Bertz CT molecular complexity index is 844. The molecule has 0 radical (unpaired) electrons. The van der Waals surface area contributed by atoms with Crippen molar-refractivity contribution >= 4 is 46.6 Å². The van der Waals surface area contributed by atoms with Crippen LogP contribution in [-0.4, -0.2) is 22.1 Å². The maximum absolute atomic E-state index is 13.0. The fourth-order valence-corrected chi connectivity index (χ4v) is 3.17. The van der Waals surface area contributed by atoms with Crippen LogP contribution in [0.5, 0.6) is 0 Å². The van der Waals surface area contributed by atoms with Gasteiger partial charge in [-0.1, -0.05) is 48.9 Å². The van der Waals surface area contributed by atoms with E-state index in [1.165, 1.54) is 0 Å². The molecule has 1 aliphatic heterocycles. The van der Waals surface area contributed by atoms with E-state index in [0.717, 1.165) is 10.6 Å². The molecule has 0 bridgehead atoms. The van der Waals surface area contributed by atoms with E-state index >= 15 is 0 Å². The number of imide groups is 1. The molecule has 3 rings (SSSR count). The molecule has 134 valence electrons. The predicted octanol–water partition coefficient (Wildman–Crippen LogP) is 3.40. The van der Waals surface area contributed by atoms with Gasteiger partial charge in [0, 0.05) is 10.7 Å². The number of halogens is 1. The van der Waals surface area contributed by atoms with Crippen molar-refractivity contribution in [1.29, 1.82) is 0 Å². The lowest BCUT2D eigenvalue weighted by Crippen LogP contribution is -2.49. The number of rotatable bonds is 4. The molecule has 0 spiro atoms. The van der Waals surface area contributed by atoms with Crippen LogP contribution in [0.1, 0.15) is 18.9 Å². The zero-order valence-electron chi connectivity index (χ0n) is 14.0. The number of carbonyl (C=O) groups is 2. The molecule has 2 aromatic carbocycles. The summed E-state index contributed by atoms with van der Waals surface area (Å²) in [6.45, 7) is 1.85. The van der Waals surface area contributed by atoms with Gasteiger partial charge in [0.15, 0.2) is 5.11 Å². The minimum Gasteiger partial charge on any atom is -0.331 e. The fourth-order valence-electron chi connectivity index (χ4n) is 2.83. The van der Waals surface area contributed by atoms with Crippen LogP contribution in [0.4, 0.5) is 10.5 Å². The smallest absolute Gasteiger partial charge is 0.331 e. The average molecular weight is 389 g/mol. The maximum Gasteiger partial charge on any atom is 0.344 e. The molecule has 3 N–H and O–H groups in total. The summed E-state index contributed by atoms with van der Waals surface area (Å²) >= 11 is 11.1. The molecule has 0 unspecified atom stereocenters. The van der Waals surface area contributed by atoms with Gasteiger partial charge in [-0.2, -0.15) is 5.01 Å². The molecule has 1 saturated heterocycles. The van der Waals surface area contributed by atoms with Gasteiger partial charge in [-0.15, -0.1) is 0 Å². The predicted molar refractivity (Wildman–Crippen MR) is 105 cm³/mol. The van der Waals surface area contributed by atoms with Crippen LogP contribution in [0, 0.1) is 0 Å². The van der Waals surface area contributed by atoms with E-state index in [1.807, 2.05) is 37.3 Å². The standard InChI is InChI=1S/C18H17ClN4O2S/c1-2-18(12-6-4-3-5-7-12)15(24)23(17(25)21-18)22-16(26)20-14-10-8-13(19)9-11-14/h3-11H,2H2,1H3,(H,21,25)(H2,20,22,26)/t18-/m1/s1. The van der Waals surface area contributed by atoms with E-state index in [-0.39, 0.29) is 5.11 Å². The highest BCUT2D eigenvalue weighted by atomic mass is 35.5. The monoisotopic (exact) mass is 388 g/mol. The summed E-state index contributed by atoms with van der Waals surface area (Å²) in [5.74, 6) is -0.406. The molecule has 1 aliphatic rings. The summed E-state index contributed by atoms with van der Waals surface area (Å²) in [4.78, 5) is 25.4. The molecule has 0 aromatic heterocycles. The van der Waals surface area contributed by atoms with Crippen LogP contribution >= 0.6 is 23.8 Å². The van der Waals surface area contributed by atoms with E-state index in [9.17, 15) is 9.59 Å². The van der Waals surface area contributed by atoms with Crippen LogP contribution in [0.3, 0.4) is 0 Å². The molecular weight excluding hydrogens is 372 g/mol. The van der Waals surface area contributed by atoms with E-state index in [4.69, 9.17) is 23.8 Å². The van der Waals surface area contributed by atoms with E-state index in [2.05, 4.69) is 16.1 Å². The average Bonchev–Trinajstić information content (AvgIpc) is 2.89. The van der Waals surface area contributed by atoms with Crippen LogP contribution in [0.2, 0.25) is 5.02 Å². The van der Waals surface area contributed by atoms with Crippen molar-refractivity contribution < 1.29 is 9.59 Å². The topological polar surface area (TPSA) is 73.5 Å². The highest BCUT2D eigenvalue weighted by Gasteiger charge is 2.51. The molecular formula is C18H17ClN4O2S. The third-order valence-corrected chi connectivity index (χ3v) is 4.65. The highest BCUT2D eigenvalue weighted by molar-refractivity contribution is 7.80. The largest absolute Gasteiger partial charge is 0.344 e. The third kappa shape index (κ3) is 3.36. The van der Waals surface area contributed by atoms with Crippen molar-refractivity contribution in [2.24, 2.45) is 0 Å². The molecule has 0 aliphatic carbocycles. The molecule has 2 aromatic rings. The SMILES string of the molecule is CC[C@]1(c2ccccc2)NC(=O)N(NC(=S)Nc2ccc(Cl)cc2)C1=O. The molecule has 0 saturated carbocycles. The second-order valence-electron chi connectivity index (χ2n) is 5.77. The van der Waals surface area contributed by atoms with Gasteiger partial charge in [-0.3, -0.25) is 10.2 Å².